The van der Waals surface area contributed by atoms with Gasteiger partial charge in [0.1, 0.15) is 11.5 Å². The van der Waals surface area contributed by atoms with Gasteiger partial charge in [0.15, 0.2) is 5.78 Å². The molecule has 4 amide bonds. The number of benzene rings is 1. The van der Waals surface area contributed by atoms with Gasteiger partial charge in [0.25, 0.3) is 0 Å². The summed E-state index contributed by atoms with van der Waals surface area (Å²) in [6.07, 6.45) is -0.706. The second-order valence-electron chi connectivity index (χ2n) is 10.0. The molecule has 2 rings (SSSR count). The van der Waals surface area contributed by atoms with Gasteiger partial charge >= 0.3 is 6.09 Å². The Bertz CT molecular complexity index is 938. The predicted molar refractivity (Wildman–Crippen MR) is 125 cm³/mol. The number of ketones is 1. The number of nitrogens with zero attached hydrogens (tertiary/aromatic N) is 1. The van der Waals surface area contributed by atoms with Gasteiger partial charge in [-0.25, -0.2) is 4.79 Å². The molecule has 1 aliphatic rings. The molecule has 0 aromatic heterocycles. The second kappa shape index (κ2) is 10.8. The highest BCUT2D eigenvalue weighted by atomic mass is 16.6. The Balaban J connectivity index is 2.23. The average molecular weight is 474 g/mol. The Kier molecular flexibility index (Phi) is 8.58. The maximum Gasteiger partial charge on any atom is 0.410 e. The molecular weight excluding hydrogens is 438 g/mol. The summed E-state index contributed by atoms with van der Waals surface area (Å²) in [6, 6.07) is 7.45. The molecule has 1 aliphatic heterocycles. The summed E-state index contributed by atoms with van der Waals surface area (Å²) in [5.41, 5.74) is 0.0211. The highest BCUT2D eigenvalue weighted by Gasteiger charge is 2.46. The fourth-order valence-electron chi connectivity index (χ4n) is 3.85. The van der Waals surface area contributed by atoms with Crippen molar-refractivity contribution >= 4 is 29.6 Å². The Hall–Kier alpha value is -3.23. The molecule has 0 radical (unpaired) electrons. The third-order valence-electron chi connectivity index (χ3n) is 5.75. The number of hydrogen-bond acceptors (Lipinski definition) is 6. The lowest BCUT2D eigenvalue weighted by Crippen LogP contribution is -2.49. The van der Waals surface area contributed by atoms with Gasteiger partial charge < -0.3 is 15.0 Å². The highest BCUT2D eigenvalue weighted by Crippen LogP contribution is 2.26. The number of amides is 4. The molecular formula is C25H35N3O6. The summed E-state index contributed by atoms with van der Waals surface area (Å²) in [5, 5.41) is 4.91. The summed E-state index contributed by atoms with van der Waals surface area (Å²) in [4.78, 5) is 64.3. The van der Waals surface area contributed by atoms with E-state index in [1.54, 1.807) is 65.9 Å². The zero-order valence-corrected chi connectivity index (χ0v) is 20.9. The molecule has 1 saturated heterocycles. The second-order valence-corrected chi connectivity index (χ2v) is 10.0. The molecule has 1 aromatic carbocycles. The molecule has 0 bridgehead atoms. The van der Waals surface area contributed by atoms with Crippen LogP contribution in [0.1, 0.15) is 59.6 Å². The van der Waals surface area contributed by atoms with E-state index in [2.05, 4.69) is 10.6 Å². The van der Waals surface area contributed by atoms with Gasteiger partial charge in [-0.15, -0.1) is 0 Å². The maximum atomic E-state index is 13.1. The number of Topliss-reactive ketones (excluding diaryl/α,β-unsaturated/α-hetero) is 1. The molecule has 4 atom stereocenters. The quantitative estimate of drug-likeness (QED) is 0.442. The average Bonchev–Trinajstić information content (AvgIpc) is 2.99. The first-order chi connectivity index (χ1) is 15.7. The van der Waals surface area contributed by atoms with Crippen molar-refractivity contribution in [2.75, 3.05) is 7.05 Å². The van der Waals surface area contributed by atoms with E-state index in [0.717, 1.165) is 5.56 Å². The Morgan fingerprint density at radius 1 is 1.09 bits per heavy atom. The first kappa shape index (κ1) is 27.0. The first-order valence-electron chi connectivity index (χ1n) is 11.4. The van der Waals surface area contributed by atoms with Crippen molar-refractivity contribution in [3.63, 3.8) is 0 Å². The molecule has 9 heteroatoms. The van der Waals surface area contributed by atoms with E-state index in [0.29, 0.717) is 0 Å². The van der Waals surface area contributed by atoms with Crippen LogP contribution in [0.15, 0.2) is 30.3 Å². The molecule has 2 N–H and O–H groups in total. The van der Waals surface area contributed by atoms with Gasteiger partial charge in [0.05, 0.1) is 24.4 Å². The van der Waals surface area contributed by atoms with Crippen LogP contribution in [0, 0.1) is 17.8 Å². The maximum absolute atomic E-state index is 13.1. The number of rotatable bonds is 8. The smallest absolute Gasteiger partial charge is 0.410 e. The molecule has 0 unspecified atom stereocenters. The van der Waals surface area contributed by atoms with Crippen LogP contribution in [-0.2, 0) is 23.9 Å². The Morgan fingerprint density at radius 3 is 2.15 bits per heavy atom. The third-order valence-corrected chi connectivity index (χ3v) is 5.75. The summed E-state index contributed by atoms with van der Waals surface area (Å²) in [7, 11) is 1.56. The van der Waals surface area contributed by atoms with Crippen molar-refractivity contribution in [2.24, 2.45) is 17.8 Å². The molecule has 1 fully saturated rings. The van der Waals surface area contributed by atoms with Gasteiger partial charge in [-0.3, -0.25) is 24.5 Å². The Labute approximate surface area is 200 Å². The highest BCUT2D eigenvalue weighted by molar-refractivity contribution is 6.16. The van der Waals surface area contributed by atoms with E-state index in [1.165, 1.54) is 11.8 Å². The number of nitrogens with one attached hydrogen (secondary N) is 2. The van der Waals surface area contributed by atoms with Crippen molar-refractivity contribution in [3.8, 4) is 0 Å². The van der Waals surface area contributed by atoms with E-state index >= 15 is 0 Å². The van der Waals surface area contributed by atoms with Gasteiger partial charge in [-0.2, -0.15) is 0 Å². The molecule has 0 aliphatic carbocycles. The molecule has 0 spiro atoms. The molecule has 186 valence electrons. The minimum absolute atomic E-state index is 0.123. The number of imide groups is 1. The van der Waals surface area contributed by atoms with Crippen LogP contribution in [0.25, 0.3) is 0 Å². The number of carbonyl (C=O) groups is 5. The lowest BCUT2D eigenvalue weighted by molar-refractivity contribution is -0.137. The lowest BCUT2D eigenvalue weighted by Gasteiger charge is -2.31. The minimum Gasteiger partial charge on any atom is -0.444 e. The summed E-state index contributed by atoms with van der Waals surface area (Å²) >= 11 is 0. The summed E-state index contributed by atoms with van der Waals surface area (Å²) < 4.78 is 5.47. The van der Waals surface area contributed by atoms with E-state index < -0.39 is 59.1 Å². The van der Waals surface area contributed by atoms with Crippen LogP contribution in [0.2, 0.25) is 0 Å². The number of ether oxygens (including phenoxy) is 1. The lowest BCUT2D eigenvalue weighted by atomic mass is 9.85. The summed E-state index contributed by atoms with van der Waals surface area (Å²) in [6.45, 7) is 10.3. The van der Waals surface area contributed by atoms with Crippen molar-refractivity contribution in [2.45, 2.75) is 65.6 Å². The fraction of sp³-hybridized carbons (Fsp3) is 0.560. The van der Waals surface area contributed by atoms with Crippen LogP contribution < -0.4 is 10.6 Å². The van der Waals surface area contributed by atoms with Gasteiger partial charge in [0, 0.05) is 7.05 Å². The van der Waals surface area contributed by atoms with Crippen molar-refractivity contribution < 1.29 is 28.7 Å². The predicted octanol–water partition coefficient (Wildman–Crippen LogP) is 2.60. The van der Waals surface area contributed by atoms with E-state index in [4.69, 9.17) is 4.74 Å². The monoisotopic (exact) mass is 473 g/mol. The number of carbonyl (C=O) groups excluding carboxylic acids is 5. The molecule has 9 nitrogen and oxygen atoms in total. The zero-order chi connectivity index (χ0) is 25.8. The van der Waals surface area contributed by atoms with Crippen LogP contribution in [0.3, 0.4) is 0 Å². The van der Waals surface area contributed by atoms with Crippen LogP contribution >= 0.6 is 0 Å². The third kappa shape index (κ3) is 6.65. The van der Waals surface area contributed by atoms with E-state index in [1.807, 2.05) is 6.07 Å². The van der Waals surface area contributed by atoms with Crippen LogP contribution in [0.5, 0.6) is 0 Å². The number of hydrogen-bond donors (Lipinski definition) is 2. The molecule has 34 heavy (non-hydrogen) atoms. The molecule has 1 heterocycles. The van der Waals surface area contributed by atoms with E-state index in [-0.39, 0.29) is 12.3 Å². The van der Waals surface area contributed by atoms with Gasteiger partial charge in [-0.1, -0.05) is 51.1 Å². The fourth-order valence-corrected chi connectivity index (χ4v) is 3.85. The SMILES string of the molecule is CC(C)[C@H](NC(=O)C[C@@H](c1ccccc1)N(C)C(=O)OC(C)(C)C)C(=O)[C@@H]1C(=O)NC(=O)[C@H]1C. The largest absolute Gasteiger partial charge is 0.444 e. The zero-order valence-electron chi connectivity index (χ0n) is 20.9. The summed E-state index contributed by atoms with van der Waals surface area (Å²) in [5.74, 6) is -4.37. The minimum atomic E-state index is -1.14. The molecule has 0 saturated carbocycles. The van der Waals surface area contributed by atoms with E-state index in [9.17, 15) is 24.0 Å². The standard InChI is InChI=1S/C25H35N3O6/c1-14(2)20(21(30)19-15(3)22(31)27-23(19)32)26-18(29)13-17(16-11-9-8-10-12-16)28(7)24(33)34-25(4,5)6/h8-12,14-15,17,19-20H,13H2,1-7H3,(H,26,29)(H,27,31,32)/t15-,17-,19+,20-/m0/s1. The van der Waals surface area contributed by atoms with Crippen molar-refractivity contribution in [1.82, 2.24) is 15.5 Å². The Morgan fingerprint density at radius 2 is 1.68 bits per heavy atom. The normalized spacial score (nSPS) is 19.9. The van der Waals surface area contributed by atoms with Gasteiger partial charge in [0.2, 0.25) is 17.7 Å². The van der Waals surface area contributed by atoms with Gasteiger partial charge in [-0.05, 0) is 32.3 Å². The topological polar surface area (TPSA) is 122 Å². The van der Waals surface area contributed by atoms with Crippen molar-refractivity contribution in [3.05, 3.63) is 35.9 Å². The van der Waals surface area contributed by atoms with Crippen molar-refractivity contribution in [1.29, 1.82) is 0 Å². The first-order valence-corrected chi connectivity index (χ1v) is 11.4. The molecule has 1 aromatic rings. The van der Waals surface area contributed by atoms with Crippen LogP contribution in [0.4, 0.5) is 4.79 Å². The van der Waals surface area contributed by atoms with Crippen LogP contribution in [-0.4, -0.2) is 53.2 Å².